The van der Waals surface area contributed by atoms with Gasteiger partial charge >= 0.3 is 0 Å². The second kappa shape index (κ2) is 4.95. The number of benzene rings is 1. The van der Waals surface area contributed by atoms with Gasteiger partial charge in [-0.25, -0.2) is 0 Å². The molecule has 7 heteroatoms. The molecule has 0 spiro atoms. The lowest BCUT2D eigenvalue weighted by atomic mass is 10.2. The number of para-hydroxylation sites is 1. The number of nitrogens with zero attached hydrogens (tertiary/aromatic N) is 5. The molecule has 0 aliphatic rings. The van der Waals surface area contributed by atoms with Crippen LogP contribution in [0.1, 0.15) is 0 Å². The summed E-state index contributed by atoms with van der Waals surface area (Å²) in [4.78, 5) is 4.76. The maximum absolute atomic E-state index is 4.52. The monoisotopic (exact) mass is 294 g/mol. The largest absolute Gasteiger partial charge is 0.330 e. The van der Waals surface area contributed by atoms with Crippen LogP contribution in [-0.4, -0.2) is 24.8 Å². The summed E-state index contributed by atoms with van der Waals surface area (Å²) in [6.07, 6.45) is 3.46. The van der Waals surface area contributed by atoms with E-state index in [0.29, 0.717) is 5.82 Å². The zero-order chi connectivity index (χ0) is 14.1. The average molecular weight is 294 g/mol. The molecule has 0 radical (unpaired) electrons. The van der Waals surface area contributed by atoms with Gasteiger partial charge in [-0.15, -0.1) is 15.3 Å². The Morgan fingerprint density at radius 3 is 2.57 bits per heavy atom. The highest BCUT2D eigenvalue weighted by atomic mass is 32.1. The van der Waals surface area contributed by atoms with Crippen LogP contribution >= 0.6 is 11.3 Å². The quantitative estimate of drug-likeness (QED) is 0.629. The molecule has 102 valence electrons. The summed E-state index contributed by atoms with van der Waals surface area (Å²) in [5, 5.41) is 16.9. The normalized spacial score (nSPS) is 10.9. The van der Waals surface area contributed by atoms with Crippen LogP contribution in [0.4, 0.5) is 10.8 Å². The first-order valence-corrected chi connectivity index (χ1v) is 7.16. The number of fused-ring (bicyclic) bond motifs is 1. The van der Waals surface area contributed by atoms with Crippen molar-refractivity contribution in [3.63, 3.8) is 0 Å². The maximum Gasteiger partial charge on any atom is 0.236 e. The Bertz CT molecular complexity index is 868. The van der Waals surface area contributed by atoms with Crippen molar-refractivity contribution in [3.8, 4) is 11.4 Å². The van der Waals surface area contributed by atoms with Gasteiger partial charge in [0.15, 0.2) is 5.82 Å². The van der Waals surface area contributed by atoms with Gasteiger partial charge in [0.1, 0.15) is 0 Å². The Morgan fingerprint density at radius 1 is 0.952 bits per heavy atom. The Morgan fingerprint density at radius 2 is 1.76 bits per heavy atom. The third-order valence-corrected chi connectivity index (χ3v) is 3.77. The van der Waals surface area contributed by atoms with Crippen molar-refractivity contribution >= 4 is 27.1 Å². The third-order valence-electron chi connectivity index (χ3n) is 2.95. The molecule has 0 saturated carbocycles. The molecule has 0 saturated heterocycles. The second-order valence-corrected chi connectivity index (χ2v) is 5.31. The summed E-state index contributed by atoms with van der Waals surface area (Å²) in [6.45, 7) is 0. The van der Waals surface area contributed by atoms with Crippen LogP contribution < -0.4 is 5.32 Å². The number of anilines is 2. The average Bonchev–Trinajstić information content (AvgIpc) is 3.09. The lowest BCUT2D eigenvalue weighted by Crippen LogP contribution is -1.93. The van der Waals surface area contributed by atoms with Crippen molar-refractivity contribution in [2.45, 2.75) is 0 Å². The van der Waals surface area contributed by atoms with E-state index in [1.54, 1.807) is 16.9 Å². The van der Waals surface area contributed by atoms with E-state index >= 15 is 0 Å². The first-order chi connectivity index (χ1) is 10.4. The highest BCUT2D eigenvalue weighted by Crippen LogP contribution is 2.25. The minimum Gasteiger partial charge on any atom is -0.330 e. The van der Waals surface area contributed by atoms with Gasteiger partial charge in [-0.1, -0.05) is 29.5 Å². The highest BCUT2D eigenvalue weighted by molar-refractivity contribution is 7.20. The summed E-state index contributed by atoms with van der Waals surface area (Å²) in [7, 11) is 0. The van der Waals surface area contributed by atoms with Crippen molar-refractivity contribution in [2.75, 3.05) is 5.32 Å². The van der Waals surface area contributed by atoms with E-state index in [9.17, 15) is 0 Å². The smallest absolute Gasteiger partial charge is 0.236 e. The zero-order valence-electron chi connectivity index (χ0n) is 10.8. The predicted octanol–water partition coefficient (Wildman–Crippen LogP) is 2.99. The molecule has 0 amide bonds. The molecule has 0 unspecified atom stereocenters. The van der Waals surface area contributed by atoms with E-state index in [0.717, 1.165) is 21.3 Å². The molecule has 3 aromatic heterocycles. The Balaban J connectivity index is 1.73. The van der Waals surface area contributed by atoms with Crippen LogP contribution in [0, 0.1) is 0 Å². The van der Waals surface area contributed by atoms with Crippen LogP contribution in [0.3, 0.4) is 0 Å². The Kier molecular flexibility index (Phi) is 2.82. The van der Waals surface area contributed by atoms with Gasteiger partial charge in [-0.05, 0) is 24.3 Å². The topological polar surface area (TPSA) is 68.0 Å². The summed E-state index contributed by atoms with van der Waals surface area (Å²) in [6, 6.07) is 13.7. The number of hydrogen-bond donors (Lipinski definition) is 1. The van der Waals surface area contributed by atoms with Gasteiger partial charge in [-0.3, -0.25) is 4.98 Å². The first kappa shape index (κ1) is 12.0. The number of rotatable bonds is 3. The van der Waals surface area contributed by atoms with Crippen molar-refractivity contribution in [3.05, 3.63) is 54.9 Å². The first-order valence-electron chi connectivity index (χ1n) is 6.35. The van der Waals surface area contributed by atoms with Crippen LogP contribution in [0.15, 0.2) is 54.9 Å². The van der Waals surface area contributed by atoms with E-state index in [-0.39, 0.29) is 0 Å². The molecule has 0 atom stereocenters. The molecule has 4 rings (SSSR count). The number of aromatic nitrogens is 5. The lowest BCUT2D eigenvalue weighted by molar-refractivity contribution is 0.969. The van der Waals surface area contributed by atoms with E-state index in [1.165, 1.54) is 11.3 Å². The van der Waals surface area contributed by atoms with Gasteiger partial charge in [0.05, 0.1) is 0 Å². The van der Waals surface area contributed by atoms with Gasteiger partial charge < -0.3 is 5.32 Å². The SMILES string of the molecule is c1ccc(Nc2nn3c(-c4ccncc4)nnc3s2)cc1. The molecular formula is C14H10N6S. The van der Waals surface area contributed by atoms with E-state index in [2.05, 4.69) is 25.6 Å². The fraction of sp³-hybridized carbons (Fsp3) is 0. The number of hydrogen-bond acceptors (Lipinski definition) is 6. The molecule has 3 heterocycles. The minimum absolute atomic E-state index is 0.713. The van der Waals surface area contributed by atoms with Crippen LogP contribution in [0.25, 0.3) is 16.3 Å². The molecule has 1 N–H and O–H groups in total. The molecule has 0 aliphatic carbocycles. The van der Waals surface area contributed by atoms with Crippen molar-refractivity contribution in [2.24, 2.45) is 0 Å². The molecule has 0 bridgehead atoms. The van der Waals surface area contributed by atoms with Crippen molar-refractivity contribution in [1.29, 1.82) is 0 Å². The van der Waals surface area contributed by atoms with Gasteiger partial charge in [0.25, 0.3) is 0 Å². The molecule has 21 heavy (non-hydrogen) atoms. The van der Waals surface area contributed by atoms with Gasteiger partial charge in [0.2, 0.25) is 10.1 Å². The van der Waals surface area contributed by atoms with E-state index in [1.807, 2.05) is 42.5 Å². The molecule has 6 nitrogen and oxygen atoms in total. The predicted molar refractivity (Wildman–Crippen MR) is 81.6 cm³/mol. The van der Waals surface area contributed by atoms with Crippen molar-refractivity contribution < 1.29 is 0 Å². The maximum atomic E-state index is 4.52. The van der Waals surface area contributed by atoms with E-state index < -0.39 is 0 Å². The summed E-state index contributed by atoms with van der Waals surface area (Å²) >= 11 is 1.46. The summed E-state index contributed by atoms with van der Waals surface area (Å²) in [5.41, 5.74) is 1.93. The fourth-order valence-corrected chi connectivity index (χ4v) is 2.75. The minimum atomic E-state index is 0.713. The van der Waals surface area contributed by atoms with Crippen LogP contribution in [0.5, 0.6) is 0 Å². The molecule has 1 aromatic carbocycles. The van der Waals surface area contributed by atoms with Gasteiger partial charge in [0, 0.05) is 23.6 Å². The Hall–Kier alpha value is -2.80. The van der Waals surface area contributed by atoms with Crippen LogP contribution in [0.2, 0.25) is 0 Å². The highest BCUT2D eigenvalue weighted by Gasteiger charge is 2.13. The number of pyridine rings is 1. The molecule has 0 fully saturated rings. The zero-order valence-corrected chi connectivity index (χ0v) is 11.7. The van der Waals surface area contributed by atoms with Crippen molar-refractivity contribution in [1.82, 2.24) is 24.8 Å². The fourth-order valence-electron chi connectivity index (χ4n) is 1.99. The standard InChI is InChI=1S/C14H10N6S/c1-2-4-11(5-3-1)16-13-19-20-12(17-18-14(20)21-13)10-6-8-15-9-7-10/h1-9H,(H,16,19). The van der Waals surface area contributed by atoms with Crippen LogP contribution in [-0.2, 0) is 0 Å². The summed E-state index contributed by atoms with van der Waals surface area (Å²) in [5.74, 6) is 0.713. The second-order valence-electron chi connectivity index (χ2n) is 4.35. The summed E-state index contributed by atoms with van der Waals surface area (Å²) < 4.78 is 1.74. The molecular weight excluding hydrogens is 284 g/mol. The third kappa shape index (κ3) is 2.23. The van der Waals surface area contributed by atoms with Gasteiger partial charge in [-0.2, -0.15) is 4.52 Å². The molecule has 0 aliphatic heterocycles. The number of nitrogens with one attached hydrogen (secondary N) is 1. The molecule has 4 aromatic rings. The van der Waals surface area contributed by atoms with E-state index in [4.69, 9.17) is 0 Å². The Labute approximate surface area is 124 Å². The lowest BCUT2D eigenvalue weighted by Gasteiger charge is -2.00.